The van der Waals surface area contributed by atoms with Gasteiger partial charge < -0.3 is 5.11 Å². The van der Waals surface area contributed by atoms with Crippen LogP contribution in [0.4, 0.5) is 0 Å². The highest BCUT2D eigenvalue weighted by molar-refractivity contribution is 5.01. The SMILES string of the molecule is CC(C)CC(C)C1CCC2[C@@H](O)CCC[C@]12C. The Hall–Kier alpha value is -0.0400. The summed E-state index contributed by atoms with van der Waals surface area (Å²) in [6.45, 7) is 9.58. The van der Waals surface area contributed by atoms with Crippen LogP contribution in [0.25, 0.3) is 0 Å². The molecule has 0 aliphatic heterocycles. The molecule has 5 atom stereocenters. The topological polar surface area (TPSA) is 20.2 Å². The molecule has 0 aromatic rings. The van der Waals surface area contributed by atoms with Crippen LogP contribution >= 0.6 is 0 Å². The maximum absolute atomic E-state index is 10.2. The Balaban J connectivity index is 2.09. The van der Waals surface area contributed by atoms with Crippen molar-refractivity contribution in [3.63, 3.8) is 0 Å². The van der Waals surface area contributed by atoms with Gasteiger partial charge in [-0.05, 0) is 61.2 Å². The van der Waals surface area contributed by atoms with Crippen molar-refractivity contribution in [1.82, 2.24) is 0 Å². The highest BCUT2D eigenvalue weighted by Crippen LogP contribution is 2.58. The molecule has 0 bridgehead atoms. The van der Waals surface area contributed by atoms with Gasteiger partial charge in [0.25, 0.3) is 0 Å². The molecule has 17 heavy (non-hydrogen) atoms. The van der Waals surface area contributed by atoms with Crippen molar-refractivity contribution in [2.45, 2.75) is 72.3 Å². The van der Waals surface area contributed by atoms with Crippen LogP contribution in [0.5, 0.6) is 0 Å². The van der Waals surface area contributed by atoms with Crippen LogP contribution < -0.4 is 0 Å². The van der Waals surface area contributed by atoms with E-state index in [0.29, 0.717) is 11.3 Å². The molecule has 2 fully saturated rings. The van der Waals surface area contributed by atoms with Gasteiger partial charge in [0.2, 0.25) is 0 Å². The van der Waals surface area contributed by atoms with Crippen LogP contribution in [0.3, 0.4) is 0 Å². The van der Waals surface area contributed by atoms with Crippen LogP contribution in [0, 0.1) is 29.1 Å². The van der Waals surface area contributed by atoms with Gasteiger partial charge in [-0.25, -0.2) is 0 Å². The van der Waals surface area contributed by atoms with Gasteiger partial charge in [0.1, 0.15) is 0 Å². The summed E-state index contributed by atoms with van der Waals surface area (Å²) < 4.78 is 0. The van der Waals surface area contributed by atoms with Crippen LogP contribution in [0.15, 0.2) is 0 Å². The molecular formula is C16H30O. The predicted octanol–water partition coefficient (Wildman–Crippen LogP) is 4.25. The summed E-state index contributed by atoms with van der Waals surface area (Å²) in [6, 6.07) is 0. The second-order valence-electron chi connectivity index (χ2n) is 7.36. The van der Waals surface area contributed by atoms with E-state index in [2.05, 4.69) is 27.7 Å². The van der Waals surface area contributed by atoms with Crippen molar-refractivity contribution in [3.8, 4) is 0 Å². The molecule has 2 aliphatic rings. The molecule has 1 N–H and O–H groups in total. The van der Waals surface area contributed by atoms with Crippen LogP contribution in [0.1, 0.15) is 66.2 Å². The van der Waals surface area contributed by atoms with E-state index in [1.54, 1.807) is 0 Å². The Morgan fingerprint density at radius 2 is 1.88 bits per heavy atom. The number of hydrogen-bond donors (Lipinski definition) is 1. The third-order valence-corrected chi connectivity index (χ3v) is 5.69. The third-order valence-electron chi connectivity index (χ3n) is 5.69. The second-order valence-corrected chi connectivity index (χ2v) is 7.36. The third kappa shape index (κ3) is 2.41. The lowest BCUT2D eigenvalue weighted by molar-refractivity contribution is -0.0285. The molecule has 0 aromatic heterocycles. The fourth-order valence-corrected chi connectivity index (χ4v) is 5.03. The van der Waals surface area contributed by atoms with Gasteiger partial charge in [0.05, 0.1) is 6.10 Å². The van der Waals surface area contributed by atoms with E-state index in [0.717, 1.165) is 24.2 Å². The fraction of sp³-hybridized carbons (Fsp3) is 1.00. The van der Waals surface area contributed by atoms with Crippen LogP contribution in [-0.2, 0) is 0 Å². The maximum Gasteiger partial charge on any atom is 0.0573 e. The molecule has 0 heterocycles. The van der Waals surface area contributed by atoms with Crippen molar-refractivity contribution >= 4 is 0 Å². The number of aliphatic hydroxyl groups excluding tert-OH is 1. The smallest absolute Gasteiger partial charge is 0.0573 e. The molecule has 2 saturated carbocycles. The number of fused-ring (bicyclic) bond motifs is 1. The Labute approximate surface area is 107 Å². The van der Waals surface area contributed by atoms with Crippen molar-refractivity contribution in [2.75, 3.05) is 0 Å². The molecule has 3 unspecified atom stereocenters. The van der Waals surface area contributed by atoms with Gasteiger partial charge in [-0.15, -0.1) is 0 Å². The minimum Gasteiger partial charge on any atom is -0.393 e. The molecule has 100 valence electrons. The lowest BCUT2D eigenvalue weighted by atomic mass is 9.61. The Morgan fingerprint density at radius 1 is 1.18 bits per heavy atom. The summed E-state index contributed by atoms with van der Waals surface area (Å²) in [5.74, 6) is 3.08. The van der Waals surface area contributed by atoms with E-state index >= 15 is 0 Å². The lowest BCUT2D eigenvalue weighted by Crippen LogP contribution is -2.41. The zero-order valence-electron chi connectivity index (χ0n) is 12.1. The van der Waals surface area contributed by atoms with E-state index in [9.17, 15) is 5.11 Å². The zero-order valence-corrected chi connectivity index (χ0v) is 12.1. The highest BCUT2D eigenvalue weighted by atomic mass is 16.3. The summed E-state index contributed by atoms with van der Waals surface area (Å²) in [6.07, 6.45) is 7.59. The molecule has 1 heteroatoms. The van der Waals surface area contributed by atoms with E-state index in [-0.39, 0.29) is 6.10 Å². The summed E-state index contributed by atoms with van der Waals surface area (Å²) in [5, 5.41) is 10.2. The van der Waals surface area contributed by atoms with Crippen molar-refractivity contribution in [1.29, 1.82) is 0 Å². The first-order valence-electron chi connectivity index (χ1n) is 7.63. The molecular weight excluding hydrogens is 208 g/mol. The van der Waals surface area contributed by atoms with E-state index in [1.807, 2.05) is 0 Å². The molecule has 0 amide bonds. The lowest BCUT2D eigenvalue weighted by Gasteiger charge is -2.45. The monoisotopic (exact) mass is 238 g/mol. The van der Waals surface area contributed by atoms with Gasteiger partial charge in [-0.1, -0.05) is 34.1 Å². The second kappa shape index (κ2) is 4.91. The Kier molecular flexibility index (Phi) is 3.87. The average Bonchev–Trinajstić information content (AvgIpc) is 2.55. The molecule has 0 saturated heterocycles. The minimum absolute atomic E-state index is 0.00926. The van der Waals surface area contributed by atoms with Gasteiger partial charge in [0.15, 0.2) is 0 Å². The van der Waals surface area contributed by atoms with E-state index in [4.69, 9.17) is 0 Å². The van der Waals surface area contributed by atoms with E-state index < -0.39 is 0 Å². The van der Waals surface area contributed by atoms with E-state index in [1.165, 1.54) is 32.1 Å². The molecule has 2 aliphatic carbocycles. The van der Waals surface area contributed by atoms with Crippen LogP contribution in [-0.4, -0.2) is 11.2 Å². The fourth-order valence-electron chi connectivity index (χ4n) is 5.03. The molecule has 2 rings (SSSR count). The largest absolute Gasteiger partial charge is 0.393 e. The minimum atomic E-state index is -0.00926. The Bertz CT molecular complexity index is 260. The summed E-state index contributed by atoms with van der Waals surface area (Å²) in [7, 11) is 0. The van der Waals surface area contributed by atoms with Gasteiger partial charge in [-0.3, -0.25) is 0 Å². The highest BCUT2D eigenvalue weighted by Gasteiger charge is 2.52. The quantitative estimate of drug-likeness (QED) is 0.779. The zero-order chi connectivity index (χ0) is 12.6. The van der Waals surface area contributed by atoms with Gasteiger partial charge >= 0.3 is 0 Å². The summed E-state index contributed by atoms with van der Waals surface area (Å²) >= 11 is 0. The molecule has 0 radical (unpaired) electrons. The number of hydrogen-bond acceptors (Lipinski definition) is 1. The standard InChI is InChI=1S/C16H30O/c1-11(2)10-12(3)13-7-8-14-15(17)6-5-9-16(13,14)4/h11-15,17H,5-10H2,1-4H3/t12?,13?,14?,15-,16+/m0/s1. The normalized spacial score (nSPS) is 43.8. The van der Waals surface area contributed by atoms with Crippen molar-refractivity contribution in [2.24, 2.45) is 29.1 Å². The number of aliphatic hydroxyl groups is 1. The number of rotatable bonds is 3. The molecule has 0 aromatic carbocycles. The first kappa shape index (κ1) is 13.4. The maximum atomic E-state index is 10.2. The predicted molar refractivity (Wildman–Crippen MR) is 72.8 cm³/mol. The van der Waals surface area contributed by atoms with Gasteiger partial charge in [-0.2, -0.15) is 0 Å². The average molecular weight is 238 g/mol. The van der Waals surface area contributed by atoms with Gasteiger partial charge in [0, 0.05) is 0 Å². The first-order chi connectivity index (χ1) is 7.95. The first-order valence-corrected chi connectivity index (χ1v) is 7.63. The summed E-state index contributed by atoms with van der Waals surface area (Å²) in [5.41, 5.74) is 0.436. The van der Waals surface area contributed by atoms with Crippen LogP contribution in [0.2, 0.25) is 0 Å². The summed E-state index contributed by atoms with van der Waals surface area (Å²) in [4.78, 5) is 0. The molecule has 1 nitrogen and oxygen atoms in total. The molecule has 0 spiro atoms. The Morgan fingerprint density at radius 3 is 2.53 bits per heavy atom. The van der Waals surface area contributed by atoms with Crippen molar-refractivity contribution < 1.29 is 5.11 Å². The van der Waals surface area contributed by atoms with Crippen molar-refractivity contribution in [3.05, 3.63) is 0 Å².